The van der Waals surface area contributed by atoms with Gasteiger partial charge in [0, 0.05) is 29.7 Å². The fourth-order valence-corrected chi connectivity index (χ4v) is 2.65. The third kappa shape index (κ3) is 5.85. The molecule has 2 amide bonds. The molecule has 0 aliphatic carbocycles. The quantitative estimate of drug-likeness (QED) is 0.702. The van der Waals surface area contributed by atoms with Crippen LogP contribution < -0.4 is 16.0 Å². The van der Waals surface area contributed by atoms with E-state index in [1.165, 1.54) is 0 Å². The Balaban J connectivity index is 1.86. The minimum absolute atomic E-state index is 0.179. The summed E-state index contributed by atoms with van der Waals surface area (Å²) in [5.41, 5.74) is 2.04. The lowest BCUT2D eigenvalue weighted by Crippen LogP contribution is -2.34. The summed E-state index contributed by atoms with van der Waals surface area (Å²) in [6.07, 6.45) is 0.796. The van der Waals surface area contributed by atoms with Crippen LogP contribution in [0.4, 0.5) is 5.69 Å². The molecule has 0 atom stereocenters. The topological polar surface area (TPSA) is 70.2 Å². The van der Waals surface area contributed by atoms with Crippen molar-refractivity contribution in [2.75, 3.05) is 12.4 Å². The number of carbonyl (C=O) groups is 2. The lowest BCUT2D eigenvalue weighted by Gasteiger charge is -2.11. The Bertz CT molecular complexity index is 795. The van der Waals surface area contributed by atoms with E-state index in [-0.39, 0.29) is 23.3 Å². The Morgan fingerprint density at radius 2 is 1.88 bits per heavy atom. The number of anilines is 1. The van der Waals surface area contributed by atoms with Gasteiger partial charge < -0.3 is 16.0 Å². The maximum atomic E-state index is 12.0. The van der Waals surface area contributed by atoms with E-state index in [4.69, 9.17) is 23.8 Å². The molecule has 0 aliphatic rings. The summed E-state index contributed by atoms with van der Waals surface area (Å²) >= 11 is 11.2. The van der Waals surface area contributed by atoms with Crippen molar-refractivity contribution in [1.29, 1.82) is 0 Å². The molecule has 0 aromatic heterocycles. The number of hydrogen-bond donors (Lipinski definition) is 3. The van der Waals surface area contributed by atoms with Crippen LogP contribution in [0.3, 0.4) is 0 Å². The first-order valence-electron chi connectivity index (χ1n) is 7.66. The Hall–Kier alpha value is -2.44. The highest BCUT2D eigenvalue weighted by atomic mass is 35.5. The number of rotatable bonds is 5. The van der Waals surface area contributed by atoms with Gasteiger partial charge in [-0.25, -0.2) is 0 Å². The summed E-state index contributed by atoms with van der Waals surface area (Å²) in [5.74, 6) is -0.404. The largest absolute Gasteiger partial charge is 0.355 e. The van der Waals surface area contributed by atoms with Gasteiger partial charge in [0.2, 0.25) is 5.91 Å². The number of nitrogens with one attached hydrogen (secondary N) is 3. The Morgan fingerprint density at radius 3 is 2.60 bits per heavy atom. The van der Waals surface area contributed by atoms with Crippen LogP contribution in [0.15, 0.2) is 48.5 Å². The molecule has 0 heterocycles. The molecule has 130 valence electrons. The third-order valence-electron chi connectivity index (χ3n) is 3.44. The fourth-order valence-electron chi connectivity index (χ4n) is 2.18. The van der Waals surface area contributed by atoms with Gasteiger partial charge in [-0.05, 0) is 48.5 Å². The number of carbonyl (C=O) groups excluding carboxylic acids is 2. The van der Waals surface area contributed by atoms with Crippen molar-refractivity contribution in [1.82, 2.24) is 10.6 Å². The molecular weight excluding hydrogens is 358 g/mol. The van der Waals surface area contributed by atoms with E-state index in [2.05, 4.69) is 16.0 Å². The maximum Gasteiger partial charge on any atom is 0.251 e. The van der Waals surface area contributed by atoms with Crippen molar-refractivity contribution in [3.05, 3.63) is 64.7 Å². The van der Waals surface area contributed by atoms with Gasteiger partial charge in [0.1, 0.15) is 0 Å². The van der Waals surface area contributed by atoms with Crippen LogP contribution in [-0.4, -0.2) is 24.0 Å². The van der Waals surface area contributed by atoms with Crippen LogP contribution in [0.1, 0.15) is 22.3 Å². The number of thiocarbonyl (C=S) groups is 1. The normalized spacial score (nSPS) is 10.0. The van der Waals surface area contributed by atoms with Crippen molar-refractivity contribution in [3.63, 3.8) is 0 Å². The summed E-state index contributed by atoms with van der Waals surface area (Å²) in [6.45, 7) is 0. The van der Waals surface area contributed by atoms with Crippen LogP contribution in [0.25, 0.3) is 0 Å². The minimum Gasteiger partial charge on any atom is -0.355 e. The van der Waals surface area contributed by atoms with Gasteiger partial charge in [-0.3, -0.25) is 9.59 Å². The molecule has 0 radical (unpaired) electrons. The first-order valence-corrected chi connectivity index (χ1v) is 8.44. The van der Waals surface area contributed by atoms with E-state index in [1.807, 2.05) is 18.2 Å². The minimum atomic E-state index is -0.208. The van der Waals surface area contributed by atoms with Gasteiger partial charge in [-0.1, -0.05) is 35.9 Å². The summed E-state index contributed by atoms with van der Waals surface area (Å²) in [6, 6.07) is 14.2. The van der Waals surface area contributed by atoms with E-state index in [9.17, 15) is 9.59 Å². The van der Waals surface area contributed by atoms with E-state index >= 15 is 0 Å². The van der Waals surface area contributed by atoms with Gasteiger partial charge in [0.15, 0.2) is 5.11 Å². The molecule has 25 heavy (non-hydrogen) atoms. The van der Waals surface area contributed by atoms with Gasteiger partial charge in [-0.2, -0.15) is 0 Å². The SMILES string of the molecule is CNC(=O)c1cccc(NC(=S)NC(=O)CCc2ccccc2Cl)c1. The first kappa shape index (κ1) is 18.9. The van der Waals surface area contributed by atoms with Crippen LogP contribution in [0.5, 0.6) is 0 Å². The van der Waals surface area contributed by atoms with Crippen molar-refractivity contribution in [2.45, 2.75) is 12.8 Å². The monoisotopic (exact) mass is 375 g/mol. The average Bonchev–Trinajstić information content (AvgIpc) is 2.60. The molecule has 3 N–H and O–H groups in total. The molecule has 2 aromatic rings. The number of aryl methyl sites for hydroxylation is 1. The Kier molecular flexibility index (Phi) is 6.91. The molecule has 2 aromatic carbocycles. The molecule has 0 bridgehead atoms. The second kappa shape index (κ2) is 9.15. The Labute approximate surface area is 156 Å². The zero-order valence-electron chi connectivity index (χ0n) is 13.6. The molecule has 0 saturated heterocycles. The molecule has 2 rings (SSSR count). The smallest absolute Gasteiger partial charge is 0.251 e. The van der Waals surface area contributed by atoms with Crippen LogP contribution in [-0.2, 0) is 11.2 Å². The summed E-state index contributed by atoms with van der Waals surface area (Å²) < 4.78 is 0. The molecule has 0 spiro atoms. The van der Waals surface area contributed by atoms with E-state index in [1.54, 1.807) is 37.4 Å². The highest BCUT2D eigenvalue weighted by molar-refractivity contribution is 7.80. The van der Waals surface area contributed by atoms with Crippen LogP contribution >= 0.6 is 23.8 Å². The number of amides is 2. The molecular formula is C18H18ClN3O2S. The molecule has 0 aliphatic heterocycles. The van der Waals surface area contributed by atoms with Crippen molar-refractivity contribution in [3.8, 4) is 0 Å². The second-order valence-corrected chi connectivity index (χ2v) is 6.07. The van der Waals surface area contributed by atoms with Crippen LogP contribution in [0, 0.1) is 0 Å². The third-order valence-corrected chi connectivity index (χ3v) is 4.01. The highest BCUT2D eigenvalue weighted by Crippen LogP contribution is 2.16. The van der Waals surface area contributed by atoms with E-state index < -0.39 is 0 Å². The fraction of sp³-hybridized carbons (Fsp3) is 0.167. The highest BCUT2D eigenvalue weighted by Gasteiger charge is 2.08. The van der Waals surface area contributed by atoms with Crippen molar-refractivity contribution < 1.29 is 9.59 Å². The van der Waals surface area contributed by atoms with E-state index in [0.717, 1.165) is 5.56 Å². The zero-order chi connectivity index (χ0) is 18.2. The van der Waals surface area contributed by atoms with Gasteiger partial charge >= 0.3 is 0 Å². The summed E-state index contributed by atoms with van der Waals surface area (Å²) in [5, 5.41) is 8.88. The first-order chi connectivity index (χ1) is 12.0. The van der Waals surface area contributed by atoms with Gasteiger partial charge in [0.25, 0.3) is 5.91 Å². The number of benzene rings is 2. The Morgan fingerprint density at radius 1 is 1.12 bits per heavy atom. The standard InChI is InChI=1S/C18H18ClN3O2S/c1-20-17(24)13-6-4-7-14(11-13)21-18(25)22-16(23)10-9-12-5-2-3-8-15(12)19/h2-8,11H,9-10H2,1H3,(H,20,24)(H2,21,22,23,25). The van der Waals surface area contributed by atoms with Gasteiger partial charge in [0.05, 0.1) is 0 Å². The lowest BCUT2D eigenvalue weighted by molar-refractivity contribution is -0.119. The molecule has 0 saturated carbocycles. The molecule has 0 fully saturated rings. The van der Waals surface area contributed by atoms with E-state index in [0.29, 0.717) is 22.7 Å². The zero-order valence-corrected chi connectivity index (χ0v) is 15.2. The molecule has 7 heteroatoms. The lowest BCUT2D eigenvalue weighted by atomic mass is 10.1. The molecule has 5 nitrogen and oxygen atoms in total. The van der Waals surface area contributed by atoms with Gasteiger partial charge in [-0.15, -0.1) is 0 Å². The van der Waals surface area contributed by atoms with Crippen molar-refractivity contribution in [2.24, 2.45) is 0 Å². The van der Waals surface area contributed by atoms with Crippen LogP contribution in [0.2, 0.25) is 5.02 Å². The number of halogens is 1. The summed E-state index contributed by atoms with van der Waals surface area (Å²) in [7, 11) is 1.56. The predicted molar refractivity (Wildman–Crippen MR) is 104 cm³/mol. The number of hydrogen-bond acceptors (Lipinski definition) is 3. The average molecular weight is 376 g/mol. The second-order valence-electron chi connectivity index (χ2n) is 5.25. The molecule has 0 unspecified atom stereocenters. The summed E-state index contributed by atoms with van der Waals surface area (Å²) in [4.78, 5) is 23.6. The van der Waals surface area contributed by atoms with Crippen molar-refractivity contribution >= 4 is 46.4 Å². The predicted octanol–water partition coefficient (Wildman–Crippen LogP) is 3.15. The maximum absolute atomic E-state index is 12.0.